The molecule has 0 spiro atoms. The van der Waals surface area contributed by atoms with Crippen molar-refractivity contribution in [1.82, 2.24) is 9.88 Å². The van der Waals surface area contributed by atoms with Gasteiger partial charge in [-0.05, 0) is 58.0 Å². The molecule has 0 saturated carbocycles. The first-order chi connectivity index (χ1) is 11.3. The summed E-state index contributed by atoms with van der Waals surface area (Å²) in [4.78, 5) is 5.26. The van der Waals surface area contributed by atoms with E-state index in [-0.39, 0.29) is 6.10 Å². The summed E-state index contributed by atoms with van der Waals surface area (Å²) in [7, 11) is 1.91. The zero-order chi connectivity index (χ0) is 17.7. The van der Waals surface area contributed by atoms with Gasteiger partial charge >= 0.3 is 6.61 Å². The van der Waals surface area contributed by atoms with Gasteiger partial charge in [0, 0.05) is 30.2 Å². The number of halogens is 2. The third kappa shape index (κ3) is 5.46. The maximum Gasteiger partial charge on any atom is 0.345 e. The van der Waals surface area contributed by atoms with Crippen LogP contribution in [0.15, 0.2) is 24.4 Å². The third-order valence-corrected chi connectivity index (χ3v) is 3.78. The molecule has 4 nitrogen and oxygen atoms in total. The molecule has 134 valence electrons. The van der Waals surface area contributed by atoms with Crippen molar-refractivity contribution in [3.05, 3.63) is 30.0 Å². The third-order valence-electron chi connectivity index (χ3n) is 3.78. The second kappa shape index (κ2) is 8.44. The first kappa shape index (κ1) is 18.7. The van der Waals surface area contributed by atoms with Crippen molar-refractivity contribution in [1.29, 1.82) is 0 Å². The largest absolute Gasteiger partial charge is 0.491 e. The summed E-state index contributed by atoms with van der Waals surface area (Å²) < 4.78 is 34.6. The summed E-state index contributed by atoms with van der Waals surface area (Å²) in [6, 6.07) is 6.01. The molecule has 0 amide bonds. The lowest BCUT2D eigenvalue weighted by Crippen LogP contribution is -2.31. The Morgan fingerprint density at radius 3 is 2.62 bits per heavy atom. The summed E-state index contributed by atoms with van der Waals surface area (Å²) in [6.45, 7) is 4.17. The Morgan fingerprint density at radius 1 is 1.21 bits per heavy atom. The number of likely N-dealkylation sites (N-methyl/N-ethyl adjacent to an activating group) is 1. The lowest BCUT2D eigenvalue weighted by atomic mass is 10.1. The number of nitrogens with zero attached hydrogens (tertiary/aromatic N) is 1. The molecule has 24 heavy (non-hydrogen) atoms. The van der Waals surface area contributed by atoms with Gasteiger partial charge in [0.15, 0.2) is 0 Å². The molecule has 0 aliphatic heterocycles. The zero-order valence-corrected chi connectivity index (χ0v) is 14.7. The van der Waals surface area contributed by atoms with Gasteiger partial charge in [0.1, 0.15) is 5.75 Å². The highest BCUT2D eigenvalue weighted by atomic mass is 19.3. The Kier molecular flexibility index (Phi) is 6.57. The topological polar surface area (TPSA) is 37.5 Å². The lowest BCUT2D eigenvalue weighted by molar-refractivity contribution is -0.161. The van der Waals surface area contributed by atoms with Crippen molar-refractivity contribution in [2.45, 2.75) is 46.0 Å². The molecule has 0 radical (unpaired) electrons. The van der Waals surface area contributed by atoms with Crippen molar-refractivity contribution >= 4 is 10.9 Å². The summed E-state index contributed by atoms with van der Waals surface area (Å²) in [5.41, 5.74) is 2.26. The van der Waals surface area contributed by atoms with Gasteiger partial charge in [0.05, 0.1) is 12.2 Å². The Hall–Kier alpha value is -1.66. The molecule has 0 bridgehead atoms. The van der Waals surface area contributed by atoms with E-state index in [1.54, 1.807) is 6.92 Å². The maximum absolute atomic E-state index is 12.2. The van der Waals surface area contributed by atoms with Gasteiger partial charge in [-0.3, -0.25) is 0 Å². The molecule has 0 saturated heterocycles. The monoisotopic (exact) mass is 340 g/mol. The minimum absolute atomic E-state index is 0.132. The average molecular weight is 340 g/mol. The number of hydrogen-bond acceptors (Lipinski definition) is 3. The number of fused-ring (bicyclic) bond motifs is 1. The van der Waals surface area contributed by atoms with Gasteiger partial charge in [-0.15, -0.1) is 0 Å². The number of nitrogens with one attached hydrogen (secondary N) is 1. The molecule has 1 heterocycles. The van der Waals surface area contributed by atoms with E-state index < -0.39 is 12.7 Å². The lowest BCUT2D eigenvalue weighted by Gasteiger charge is -2.21. The van der Waals surface area contributed by atoms with Crippen LogP contribution in [0.4, 0.5) is 8.78 Å². The minimum atomic E-state index is -2.72. The van der Waals surface area contributed by atoms with Crippen LogP contribution in [0.2, 0.25) is 0 Å². The van der Waals surface area contributed by atoms with Crippen molar-refractivity contribution < 1.29 is 18.3 Å². The van der Waals surface area contributed by atoms with Crippen molar-refractivity contribution in [2.24, 2.45) is 0 Å². The highest BCUT2D eigenvalue weighted by molar-refractivity contribution is 5.84. The molecule has 1 N–H and O–H groups in total. The standard InChI is InChI=1S/C18H26F2N2O2/c1-12(2)23-15-5-6-17-16(9-15)14(10-21-17)7-8-22(4)11-13(3)24-18(19)20/h5-6,9-10,12-13,18,21H,7-8,11H2,1-4H3/t13-/m1/s1. The van der Waals surface area contributed by atoms with E-state index in [4.69, 9.17) is 4.74 Å². The average Bonchev–Trinajstić information content (AvgIpc) is 2.86. The first-order valence-corrected chi connectivity index (χ1v) is 8.24. The van der Waals surface area contributed by atoms with Crippen LogP contribution in [-0.4, -0.2) is 48.8 Å². The number of hydrogen-bond donors (Lipinski definition) is 1. The number of rotatable bonds is 9. The maximum atomic E-state index is 12.2. The fourth-order valence-electron chi connectivity index (χ4n) is 2.77. The summed E-state index contributed by atoms with van der Waals surface area (Å²) in [6.07, 6.45) is 2.45. The Balaban J connectivity index is 1.96. The molecule has 0 fully saturated rings. The SMILES string of the molecule is CC(C)Oc1ccc2[nH]cc(CCN(C)C[C@@H](C)OC(F)F)c2c1. The van der Waals surface area contributed by atoms with Gasteiger partial charge in [-0.25, -0.2) is 0 Å². The van der Waals surface area contributed by atoms with E-state index in [0.717, 1.165) is 29.6 Å². The van der Waals surface area contributed by atoms with Gasteiger partial charge in [0.25, 0.3) is 0 Å². The van der Waals surface area contributed by atoms with Crippen LogP contribution in [0.1, 0.15) is 26.3 Å². The Bertz CT molecular complexity index is 643. The van der Waals surface area contributed by atoms with Crippen LogP contribution < -0.4 is 4.74 Å². The smallest absolute Gasteiger partial charge is 0.345 e. The Morgan fingerprint density at radius 2 is 1.96 bits per heavy atom. The molecule has 1 aromatic carbocycles. The summed E-state index contributed by atoms with van der Waals surface area (Å²) >= 11 is 0. The van der Waals surface area contributed by atoms with Gasteiger partial charge in [-0.1, -0.05) is 0 Å². The molecule has 1 atom stereocenters. The number of ether oxygens (including phenoxy) is 2. The van der Waals surface area contributed by atoms with Crippen LogP contribution in [0.3, 0.4) is 0 Å². The molecule has 0 aliphatic rings. The fourth-order valence-corrected chi connectivity index (χ4v) is 2.77. The van der Waals surface area contributed by atoms with E-state index in [1.807, 2.05) is 50.2 Å². The van der Waals surface area contributed by atoms with Crippen molar-refractivity contribution in [3.8, 4) is 5.75 Å². The van der Waals surface area contributed by atoms with E-state index in [0.29, 0.717) is 6.54 Å². The molecule has 6 heteroatoms. The number of aromatic nitrogens is 1. The number of benzene rings is 1. The molecule has 0 aliphatic carbocycles. The highest BCUT2D eigenvalue weighted by Crippen LogP contribution is 2.25. The van der Waals surface area contributed by atoms with Gasteiger partial charge < -0.3 is 19.4 Å². The number of alkyl halides is 2. The Labute approximate surface area is 141 Å². The molecule has 1 aromatic heterocycles. The predicted octanol–water partition coefficient (Wildman–Crippen LogP) is 4.06. The zero-order valence-electron chi connectivity index (χ0n) is 14.7. The van der Waals surface area contributed by atoms with Crippen LogP contribution in [0.25, 0.3) is 10.9 Å². The van der Waals surface area contributed by atoms with Gasteiger partial charge in [0.2, 0.25) is 0 Å². The highest BCUT2D eigenvalue weighted by Gasteiger charge is 2.13. The van der Waals surface area contributed by atoms with Gasteiger partial charge in [-0.2, -0.15) is 8.78 Å². The molecular formula is C18H26F2N2O2. The van der Waals surface area contributed by atoms with Crippen LogP contribution in [-0.2, 0) is 11.2 Å². The summed E-state index contributed by atoms with van der Waals surface area (Å²) in [5, 5.41) is 1.14. The molecule has 2 aromatic rings. The van der Waals surface area contributed by atoms with Crippen LogP contribution >= 0.6 is 0 Å². The van der Waals surface area contributed by atoms with Crippen molar-refractivity contribution in [2.75, 3.05) is 20.1 Å². The van der Waals surface area contributed by atoms with Crippen LogP contribution in [0, 0.1) is 0 Å². The predicted molar refractivity (Wildman–Crippen MR) is 91.8 cm³/mol. The van der Waals surface area contributed by atoms with Crippen LogP contribution in [0.5, 0.6) is 5.75 Å². The molecule has 0 unspecified atom stereocenters. The molecular weight excluding hydrogens is 314 g/mol. The quantitative estimate of drug-likeness (QED) is 0.748. The van der Waals surface area contributed by atoms with E-state index in [9.17, 15) is 8.78 Å². The number of aromatic amines is 1. The van der Waals surface area contributed by atoms with E-state index >= 15 is 0 Å². The normalized spacial score (nSPS) is 13.4. The first-order valence-electron chi connectivity index (χ1n) is 8.24. The van der Waals surface area contributed by atoms with Crippen molar-refractivity contribution in [3.63, 3.8) is 0 Å². The number of H-pyrrole nitrogens is 1. The summed E-state index contributed by atoms with van der Waals surface area (Å²) in [5.74, 6) is 0.852. The molecule has 2 rings (SSSR count). The fraction of sp³-hybridized carbons (Fsp3) is 0.556. The second-order valence-corrected chi connectivity index (χ2v) is 6.41. The van der Waals surface area contributed by atoms with E-state index in [2.05, 4.69) is 9.72 Å². The minimum Gasteiger partial charge on any atom is -0.491 e. The van der Waals surface area contributed by atoms with E-state index in [1.165, 1.54) is 5.56 Å². The second-order valence-electron chi connectivity index (χ2n) is 6.41.